The summed E-state index contributed by atoms with van der Waals surface area (Å²) in [6.07, 6.45) is 3.68. The van der Waals surface area contributed by atoms with Crippen molar-refractivity contribution >= 4 is 28.3 Å². The lowest BCUT2D eigenvalue weighted by Gasteiger charge is -2.13. The Kier molecular flexibility index (Phi) is 5.12. The van der Waals surface area contributed by atoms with Crippen molar-refractivity contribution in [2.75, 3.05) is 11.4 Å². The van der Waals surface area contributed by atoms with E-state index in [1.807, 2.05) is 25.3 Å². The summed E-state index contributed by atoms with van der Waals surface area (Å²) in [4.78, 5) is 30.4. The number of nitrogens with zero attached hydrogens (tertiary/aromatic N) is 5. The molecule has 1 N–H and O–H groups in total. The molecular weight excluding hydrogens is 340 g/mol. The summed E-state index contributed by atoms with van der Waals surface area (Å²) in [5, 5.41) is 12.6. The van der Waals surface area contributed by atoms with E-state index in [-0.39, 0.29) is 30.1 Å². The van der Waals surface area contributed by atoms with Crippen molar-refractivity contribution in [3.63, 3.8) is 0 Å². The number of aromatic nitrogens is 4. The van der Waals surface area contributed by atoms with Gasteiger partial charge in [-0.3, -0.25) is 14.5 Å². The van der Waals surface area contributed by atoms with Crippen molar-refractivity contribution in [3.8, 4) is 0 Å². The summed E-state index contributed by atoms with van der Waals surface area (Å²) in [5.74, 6) is -0.290. The van der Waals surface area contributed by atoms with Crippen LogP contribution in [0.2, 0.25) is 0 Å². The molecule has 0 spiro atoms. The molecule has 0 bridgehead atoms. The maximum absolute atomic E-state index is 12.4. The quantitative estimate of drug-likeness (QED) is 0.841. The molecular formula is C16H22N6O2S. The van der Waals surface area contributed by atoms with Gasteiger partial charge < -0.3 is 9.88 Å². The van der Waals surface area contributed by atoms with Gasteiger partial charge in [0.05, 0.1) is 24.5 Å². The number of hydrogen-bond donors (Lipinski definition) is 1. The average Bonchev–Trinajstić information content (AvgIpc) is 3.31. The highest BCUT2D eigenvalue weighted by molar-refractivity contribution is 7.15. The van der Waals surface area contributed by atoms with Gasteiger partial charge in [0.2, 0.25) is 16.9 Å². The van der Waals surface area contributed by atoms with E-state index in [0.717, 1.165) is 17.2 Å². The minimum absolute atomic E-state index is 0.0785. The van der Waals surface area contributed by atoms with Crippen LogP contribution in [0.5, 0.6) is 0 Å². The third-order valence-electron chi connectivity index (χ3n) is 4.23. The molecule has 1 atom stereocenters. The van der Waals surface area contributed by atoms with Crippen LogP contribution in [0.15, 0.2) is 12.5 Å². The zero-order valence-corrected chi connectivity index (χ0v) is 15.4. The lowest BCUT2D eigenvalue weighted by molar-refractivity contribution is -0.126. The number of hydrogen-bond acceptors (Lipinski definition) is 6. The van der Waals surface area contributed by atoms with Gasteiger partial charge in [0.1, 0.15) is 5.01 Å². The molecule has 0 aromatic carbocycles. The highest BCUT2D eigenvalue weighted by atomic mass is 32.1. The van der Waals surface area contributed by atoms with E-state index in [4.69, 9.17) is 0 Å². The van der Waals surface area contributed by atoms with Crippen LogP contribution in [0, 0.1) is 5.92 Å². The van der Waals surface area contributed by atoms with Gasteiger partial charge in [-0.05, 0) is 6.92 Å². The summed E-state index contributed by atoms with van der Waals surface area (Å²) in [7, 11) is 0. The van der Waals surface area contributed by atoms with Gasteiger partial charge >= 0.3 is 0 Å². The molecule has 1 aliphatic heterocycles. The fraction of sp³-hybridized carbons (Fsp3) is 0.562. The minimum atomic E-state index is -0.364. The van der Waals surface area contributed by atoms with E-state index in [9.17, 15) is 9.59 Å². The van der Waals surface area contributed by atoms with Crippen LogP contribution >= 0.6 is 11.3 Å². The molecule has 2 amide bonds. The zero-order chi connectivity index (χ0) is 18.0. The summed E-state index contributed by atoms with van der Waals surface area (Å²) >= 11 is 1.41. The molecule has 9 heteroatoms. The lowest BCUT2D eigenvalue weighted by atomic mass is 10.1. The molecule has 0 radical (unpaired) electrons. The van der Waals surface area contributed by atoms with E-state index < -0.39 is 0 Å². The minimum Gasteiger partial charge on any atom is -0.350 e. The normalized spacial score (nSPS) is 17.5. The molecule has 2 aromatic heterocycles. The third kappa shape index (κ3) is 3.71. The first kappa shape index (κ1) is 17.5. The molecule has 0 saturated carbocycles. The van der Waals surface area contributed by atoms with Crippen molar-refractivity contribution in [3.05, 3.63) is 23.2 Å². The molecule has 2 aromatic rings. The Morgan fingerprint density at radius 1 is 1.44 bits per heavy atom. The fourth-order valence-electron chi connectivity index (χ4n) is 2.74. The molecule has 1 fully saturated rings. The molecule has 134 valence electrons. The monoisotopic (exact) mass is 362 g/mol. The molecule has 1 saturated heterocycles. The number of nitrogens with one attached hydrogen (secondary N) is 1. The predicted molar refractivity (Wildman–Crippen MR) is 94.2 cm³/mol. The number of carbonyl (C=O) groups is 2. The first-order chi connectivity index (χ1) is 12.0. The molecule has 3 heterocycles. The van der Waals surface area contributed by atoms with Crippen LogP contribution in [0.3, 0.4) is 0 Å². The van der Waals surface area contributed by atoms with E-state index in [1.54, 1.807) is 17.4 Å². The average molecular weight is 362 g/mol. The van der Waals surface area contributed by atoms with Gasteiger partial charge in [-0.1, -0.05) is 25.2 Å². The standard InChI is InChI=1S/C16H22N6O2S/c1-4-21-9-17-6-12(21)7-18-14(24)11-5-13(23)22(8-11)16-20-19-15(25-16)10(2)3/h6,9-11H,4-5,7-8H2,1-3H3,(H,18,24). The van der Waals surface area contributed by atoms with Gasteiger partial charge in [-0.15, -0.1) is 10.2 Å². The lowest BCUT2D eigenvalue weighted by Crippen LogP contribution is -2.33. The molecule has 3 rings (SSSR count). The second-order valence-electron chi connectivity index (χ2n) is 6.37. The number of imidazole rings is 1. The van der Waals surface area contributed by atoms with E-state index in [2.05, 4.69) is 20.5 Å². The second kappa shape index (κ2) is 7.30. The largest absolute Gasteiger partial charge is 0.350 e. The number of aryl methyl sites for hydroxylation is 1. The molecule has 8 nitrogen and oxygen atoms in total. The maximum Gasteiger partial charge on any atom is 0.229 e. The number of amides is 2. The predicted octanol–water partition coefficient (Wildman–Crippen LogP) is 1.55. The first-order valence-corrected chi connectivity index (χ1v) is 9.21. The van der Waals surface area contributed by atoms with Crippen LogP contribution in [-0.4, -0.2) is 38.1 Å². The molecule has 0 aliphatic carbocycles. The highest BCUT2D eigenvalue weighted by Gasteiger charge is 2.36. The van der Waals surface area contributed by atoms with Gasteiger partial charge in [-0.25, -0.2) is 4.98 Å². The van der Waals surface area contributed by atoms with Crippen molar-refractivity contribution < 1.29 is 9.59 Å². The zero-order valence-electron chi connectivity index (χ0n) is 14.6. The van der Waals surface area contributed by atoms with Crippen LogP contribution in [0.1, 0.15) is 43.8 Å². The number of rotatable bonds is 6. The molecule has 1 aliphatic rings. The van der Waals surface area contributed by atoms with Crippen LogP contribution < -0.4 is 10.2 Å². The fourth-order valence-corrected chi connectivity index (χ4v) is 3.61. The van der Waals surface area contributed by atoms with Gasteiger partial charge in [0.25, 0.3) is 0 Å². The summed E-state index contributed by atoms with van der Waals surface area (Å²) < 4.78 is 1.97. The highest BCUT2D eigenvalue weighted by Crippen LogP contribution is 2.30. The third-order valence-corrected chi connectivity index (χ3v) is 5.48. The van der Waals surface area contributed by atoms with Gasteiger partial charge in [-0.2, -0.15) is 0 Å². The Balaban J connectivity index is 1.60. The van der Waals surface area contributed by atoms with Crippen molar-refractivity contribution in [1.82, 2.24) is 25.1 Å². The Morgan fingerprint density at radius 2 is 2.24 bits per heavy atom. The molecule has 1 unspecified atom stereocenters. The van der Waals surface area contributed by atoms with E-state index in [0.29, 0.717) is 18.2 Å². The SMILES string of the molecule is CCn1cncc1CNC(=O)C1CC(=O)N(c2nnc(C(C)C)s2)C1. The second-order valence-corrected chi connectivity index (χ2v) is 7.36. The topological polar surface area (TPSA) is 93.0 Å². The smallest absolute Gasteiger partial charge is 0.229 e. The van der Waals surface area contributed by atoms with E-state index in [1.165, 1.54) is 11.3 Å². The Labute approximate surface area is 150 Å². The summed E-state index contributed by atoms with van der Waals surface area (Å²) in [6, 6.07) is 0. The maximum atomic E-state index is 12.4. The Morgan fingerprint density at radius 3 is 2.92 bits per heavy atom. The van der Waals surface area contributed by atoms with Crippen LogP contribution in [0.4, 0.5) is 5.13 Å². The van der Waals surface area contributed by atoms with Crippen molar-refractivity contribution in [2.24, 2.45) is 5.92 Å². The van der Waals surface area contributed by atoms with Gasteiger partial charge in [0, 0.05) is 31.6 Å². The van der Waals surface area contributed by atoms with E-state index >= 15 is 0 Å². The Hall–Kier alpha value is -2.29. The Bertz CT molecular complexity index is 768. The first-order valence-electron chi connectivity index (χ1n) is 8.40. The van der Waals surface area contributed by atoms with Crippen LogP contribution in [-0.2, 0) is 22.7 Å². The molecule has 25 heavy (non-hydrogen) atoms. The van der Waals surface area contributed by atoms with Crippen molar-refractivity contribution in [1.29, 1.82) is 0 Å². The number of carbonyl (C=O) groups excluding carboxylic acids is 2. The number of anilines is 1. The van der Waals surface area contributed by atoms with Crippen molar-refractivity contribution in [2.45, 2.75) is 46.2 Å². The van der Waals surface area contributed by atoms with Crippen LogP contribution in [0.25, 0.3) is 0 Å². The summed E-state index contributed by atoms with van der Waals surface area (Å²) in [5.41, 5.74) is 0.947. The van der Waals surface area contributed by atoms with Gasteiger partial charge in [0.15, 0.2) is 0 Å². The summed E-state index contributed by atoms with van der Waals surface area (Å²) in [6.45, 7) is 7.66.